The summed E-state index contributed by atoms with van der Waals surface area (Å²) in [5.41, 5.74) is 15.4. The second kappa shape index (κ2) is 13.4. The summed E-state index contributed by atoms with van der Waals surface area (Å²) in [7, 11) is 0. The molecule has 0 aromatic carbocycles. The fourth-order valence-electron chi connectivity index (χ4n) is 1.29. The molecule has 134 valence electrons. The van der Waals surface area contributed by atoms with Crippen molar-refractivity contribution in [3.63, 3.8) is 0 Å². The number of carbonyl (C=O) groups is 4. The maximum absolute atomic E-state index is 11.5. The Morgan fingerprint density at radius 1 is 0.957 bits per heavy atom. The van der Waals surface area contributed by atoms with Crippen molar-refractivity contribution < 1.29 is 34.5 Å². The van der Waals surface area contributed by atoms with Gasteiger partial charge in [0.15, 0.2) is 0 Å². The third-order valence-electron chi connectivity index (χ3n) is 2.47. The van der Waals surface area contributed by atoms with Crippen molar-refractivity contribution in [2.45, 2.75) is 37.8 Å². The Morgan fingerprint density at radius 2 is 1.48 bits per heavy atom. The minimum atomic E-state index is -1.46. The number of carbonyl (C=O) groups excluding carboxylic acids is 1. The van der Waals surface area contributed by atoms with Crippen molar-refractivity contribution in [1.82, 2.24) is 5.32 Å². The lowest BCUT2D eigenvalue weighted by atomic mass is 10.1. The van der Waals surface area contributed by atoms with Crippen LogP contribution in [0.3, 0.4) is 0 Å². The lowest BCUT2D eigenvalue weighted by molar-refractivity contribution is -0.147. The zero-order chi connectivity index (χ0) is 18.4. The first-order valence-electron chi connectivity index (χ1n) is 6.78. The average Bonchev–Trinajstić information content (AvgIpc) is 2.46. The predicted molar refractivity (Wildman–Crippen MR) is 79.4 cm³/mol. The van der Waals surface area contributed by atoms with Crippen LogP contribution in [0.5, 0.6) is 0 Å². The molecule has 0 aliphatic heterocycles. The highest BCUT2D eigenvalue weighted by molar-refractivity contribution is 5.89. The third-order valence-corrected chi connectivity index (χ3v) is 2.47. The van der Waals surface area contributed by atoms with E-state index >= 15 is 0 Å². The van der Waals surface area contributed by atoms with Gasteiger partial charge in [-0.05, 0) is 19.4 Å². The summed E-state index contributed by atoms with van der Waals surface area (Å²) < 4.78 is 0. The second-order valence-electron chi connectivity index (χ2n) is 4.49. The van der Waals surface area contributed by atoms with Gasteiger partial charge in [-0.3, -0.25) is 14.4 Å². The van der Waals surface area contributed by atoms with Crippen LogP contribution < -0.4 is 22.5 Å². The lowest BCUT2D eigenvalue weighted by Crippen LogP contribution is -2.49. The van der Waals surface area contributed by atoms with E-state index in [1.807, 2.05) is 0 Å². The molecule has 10 N–H and O–H groups in total. The standard InChI is InChI=1S/C10H19N3O5.C2H5NO2/c11-4-2-1-3-6(12)9(16)13-7(10(17)18)5-8(14)15;3-1-2(4)5/h6-7H,1-5,11-12H2,(H,13,16)(H,14,15)(H,17,18);1,3H2,(H,4,5). The molecule has 0 spiro atoms. The Bertz CT molecular complexity index is 403. The molecule has 0 fully saturated rings. The number of hydrogen-bond donors (Lipinski definition) is 7. The molecular weight excluding hydrogens is 312 g/mol. The zero-order valence-corrected chi connectivity index (χ0v) is 12.6. The van der Waals surface area contributed by atoms with Crippen LogP contribution in [0.25, 0.3) is 0 Å². The molecule has 2 unspecified atom stereocenters. The summed E-state index contributed by atoms with van der Waals surface area (Å²) in [6.45, 7) is 0.213. The molecule has 0 bridgehead atoms. The van der Waals surface area contributed by atoms with Crippen molar-refractivity contribution in [2.75, 3.05) is 13.1 Å². The van der Waals surface area contributed by atoms with Gasteiger partial charge in [0.25, 0.3) is 0 Å². The van der Waals surface area contributed by atoms with E-state index in [1.165, 1.54) is 0 Å². The van der Waals surface area contributed by atoms with E-state index < -0.39 is 42.3 Å². The van der Waals surface area contributed by atoms with Crippen LogP contribution in [0.4, 0.5) is 0 Å². The summed E-state index contributed by atoms with van der Waals surface area (Å²) in [5.74, 6) is -4.34. The summed E-state index contributed by atoms with van der Waals surface area (Å²) in [6.07, 6.45) is 1.07. The average molecular weight is 336 g/mol. The van der Waals surface area contributed by atoms with Gasteiger partial charge in [0.1, 0.15) is 6.04 Å². The summed E-state index contributed by atoms with van der Waals surface area (Å²) in [6, 6.07) is -2.32. The monoisotopic (exact) mass is 336 g/mol. The molecule has 0 saturated carbocycles. The minimum Gasteiger partial charge on any atom is -0.481 e. The van der Waals surface area contributed by atoms with Gasteiger partial charge in [-0.25, -0.2) is 4.79 Å². The molecule has 0 aliphatic rings. The summed E-state index contributed by atoms with van der Waals surface area (Å²) in [4.78, 5) is 41.9. The van der Waals surface area contributed by atoms with Crippen molar-refractivity contribution in [1.29, 1.82) is 0 Å². The molecule has 2 atom stereocenters. The number of nitrogens with two attached hydrogens (primary N) is 3. The highest BCUT2D eigenvalue weighted by Crippen LogP contribution is 2.00. The topological polar surface area (TPSA) is 219 Å². The zero-order valence-electron chi connectivity index (χ0n) is 12.6. The van der Waals surface area contributed by atoms with E-state index in [2.05, 4.69) is 11.1 Å². The van der Waals surface area contributed by atoms with Gasteiger partial charge in [-0.15, -0.1) is 0 Å². The second-order valence-corrected chi connectivity index (χ2v) is 4.49. The van der Waals surface area contributed by atoms with Gasteiger partial charge in [-0.1, -0.05) is 6.42 Å². The molecule has 0 aliphatic carbocycles. The minimum absolute atomic E-state index is 0.278. The maximum Gasteiger partial charge on any atom is 0.326 e. The van der Waals surface area contributed by atoms with Crippen molar-refractivity contribution >= 4 is 23.8 Å². The number of aliphatic carboxylic acids is 3. The molecule has 0 aromatic heterocycles. The number of carboxylic acids is 3. The van der Waals surface area contributed by atoms with Crippen LogP contribution >= 0.6 is 0 Å². The van der Waals surface area contributed by atoms with E-state index in [-0.39, 0.29) is 6.54 Å². The first-order chi connectivity index (χ1) is 10.6. The van der Waals surface area contributed by atoms with E-state index in [1.54, 1.807) is 0 Å². The maximum atomic E-state index is 11.5. The number of hydrogen-bond acceptors (Lipinski definition) is 7. The Morgan fingerprint density at radius 3 is 1.83 bits per heavy atom. The Hall–Kier alpha value is -2.24. The van der Waals surface area contributed by atoms with Gasteiger partial charge in [0, 0.05) is 0 Å². The normalized spacial score (nSPS) is 12.3. The van der Waals surface area contributed by atoms with Crippen LogP contribution in [0.2, 0.25) is 0 Å². The third kappa shape index (κ3) is 14.5. The largest absolute Gasteiger partial charge is 0.481 e. The molecule has 0 rings (SSSR count). The van der Waals surface area contributed by atoms with Gasteiger partial charge in [-0.2, -0.15) is 0 Å². The fraction of sp³-hybridized carbons (Fsp3) is 0.667. The van der Waals surface area contributed by atoms with E-state index in [0.29, 0.717) is 19.4 Å². The number of carboxylic acid groups (broad SMARTS) is 3. The predicted octanol–water partition coefficient (Wildman–Crippen LogP) is -2.48. The van der Waals surface area contributed by atoms with Crippen molar-refractivity contribution in [3.05, 3.63) is 0 Å². The number of amides is 1. The fourth-order valence-corrected chi connectivity index (χ4v) is 1.29. The van der Waals surface area contributed by atoms with Crippen molar-refractivity contribution in [3.8, 4) is 0 Å². The molecule has 0 saturated heterocycles. The summed E-state index contributed by atoms with van der Waals surface area (Å²) in [5, 5.41) is 26.9. The Balaban J connectivity index is 0. The molecule has 1 amide bonds. The van der Waals surface area contributed by atoms with Gasteiger partial charge < -0.3 is 37.8 Å². The molecular formula is C12H24N4O7. The molecule has 23 heavy (non-hydrogen) atoms. The lowest BCUT2D eigenvalue weighted by Gasteiger charge is -2.16. The first-order valence-corrected chi connectivity index (χ1v) is 6.78. The van der Waals surface area contributed by atoms with Gasteiger partial charge >= 0.3 is 17.9 Å². The van der Waals surface area contributed by atoms with Crippen LogP contribution in [0.15, 0.2) is 0 Å². The SMILES string of the molecule is NCC(=O)O.NCCCCC(N)C(=O)NC(CC(=O)O)C(=O)O. The van der Waals surface area contributed by atoms with Crippen LogP contribution in [0, 0.1) is 0 Å². The van der Waals surface area contributed by atoms with E-state index in [0.717, 1.165) is 6.42 Å². The van der Waals surface area contributed by atoms with Crippen LogP contribution in [0.1, 0.15) is 25.7 Å². The number of unbranched alkanes of at least 4 members (excludes halogenated alkanes) is 1. The number of rotatable bonds is 10. The molecule has 0 aromatic rings. The van der Waals surface area contributed by atoms with E-state index in [4.69, 9.17) is 26.8 Å². The Kier molecular flexibility index (Phi) is 13.4. The van der Waals surface area contributed by atoms with Gasteiger partial charge in [0.2, 0.25) is 5.91 Å². The highest BCUT2D eigenvalue weighted by atomic mass is 16.4. The Labute approximate surface area is 132 Å². The number of nitrogens with one attached hydrogen (secondary N) is 1. The van der Waals surface area contributed by atoms with Crippen LogP contribution in [-0.2, 0) is 19.2 Å². The molecule has 11 nitrogen and oxygen atoms in total. The first kappa shape index (κ1) is 23.0. The van der Waals surface area contributed by atoms with E-state index in [9.17, 15) is 19.2 Å². The molecule has 11 heteroatoms. The van der Waals surface area contributed by atoms with Crippen molar-refractivity contribution in [2.24, 2.45) is 17.2 Å². The molecule has 0 heterocycles. The quantitative estimate of drug-likeness (QED) is 0.208. The van der Waals surface area contributed by atoms with Crippen LogP contribution in [-0.4, -0.2) is 64.3 Å². The van der Waals surface area contributed by atoms with Gasteiger partial charge in [0.05, 0.1) is 19.0 Å². The molecule has 0 radical (unpaired) electrons. The smallest absolute Gasteiger partial charge is 0.326 e. The summed E-state index contributed by atoms with van der Waals surface area (Å²) >= 11 is 0. The highest BCUT2D eigenvalue weighted by Gasteiger charge is 2.25.